The van der Waals surface area contributed by atoms with Crippen LogP contribution in [0.1, 0.15) is 37.5 Å². The van der Waals surface area contributed by atoms with Crippen molar-refractivity contribution in [1.82, 2.24) is 0 Å². The van der Waals surface area contributed by atoms with Gasteiger partial charge in [0.15, 0.2) is 6.10 Å². The first-order valence-corrected chi connectivity index (χ1v) is 7.91. The van der Waals surface area contributed by atoms with E-state index < -0.39 is 42.6 Å². The Hall–Kier alpha value is -2.16. The molecule has 1 aromatic rings. The van der Waals surface area contributed by atoms with Crippen molar-refractivity contribution in [2.24, 2.45) is 0 Å². The second-order valence-corrected chi connectivity index (χ2v) is 5.93. The van der Waals surface area contributed by atoms with Crippen LogP contribution < -0.4 is 0 Å². The van der Waals surface area contributed by atoms with E-state index in [4.69, 9.17) is 14.2 Å². The van der Waals surface area contributed by atoms with Gasteiger partial charge in [-0.1, -0.05) is 13.0 Å². The molecule has 1 saturated heterocycles. The number of aryl methyl sites for hydroxylation is 1. The Morgan fingerprint density at radius 2 is 1.84 bits per heavy atom. The Bertz CT molecular complexity index is 623. The first kappa shape index (κ1) is 19.2. The van der Waals surface area contributed by atoms with Crippen molar-refractivity contribution >= 4 is 11.9 Å². The summed E-state index contributed by atoms with van der Waals surface area (Å²) in [5.41, 5.74) is 1.10. The lowest BCUT2D eigenvalue weighted by atomic mass is 9.93. The fourth-order valence-corrected chi connectivity index (χ4v) is 2.69. The first-order valence-electron chi connectivity index (χ1n) is 7.91. The van der Waals surface area contributed by atoms with Gasteiger partial charge in [-0.2, -0.15) is 0 Å². The Morgan fingerprint density at radius 1 is 1.16 bits per heavy atom. The second-order valence-electron chi connectivity index (χ2n) is 5.93. The molecular weight excluding hydrogens is 332 g/mol. The number of carbonyl (C=O) groups is 2. The lowest BCUT2D eigenvalue weighted by Crippen LogP contribution is -2.56. The molecule has 0 amide bonds. The predicted molar refractivity (Wildman–Crippen MR) is 84.4 cm³/mol. The molecule has 0 unspecified atom stereocenters. The number of ether oxygens (including phenoxy) is 3. The van der Waals surface area contributed by atoms with Gasteiger partial charge in [-0.25, -0.2) is 0 Å². The van der Waals surface area contributed by atoms with E-state index in [1.54, 1.807) is 19.9 Å². The van der Waals surface area contributed by atoms with Crippen molar-refractivity contribution in [2.75, 3.05) is 0 Å². The predicted octanol–water partition coefficient (Wildman–Crippen LogP) is 0.705. The number of aliphatic hydroxyl groups is 2. The highest BCUT2D eigenvalue weighted by Crippen LogP contribution is 2.35. The highest BCUT2D eigenvalue weighted by molar-refractivity contribution is 5.69. The van der Waals surface area contributed by atoms with Crippen molar-refractivity contribution in [2.45, 2.75) is 57.9 Å². The molecule has 8 heteroatoms. The van der Waals surface area contributed by atoms with Crippen LogP contribution in [0.4, 0.5) is 0 Å². The van der Waals surface area contributed by atoms with Crippen LogP contribution in [0.3, 0.4) is 0 Å². The molecule has 5 atom stereocenters. The Kier molecular flexibility index (Phi) is 5.99. The van der Waals surface area contributed by atoms with Gasteiger partial charge >= 0.3 is 11.9 Å². The SMILES string of the molecule is CCC(=O)O[C@H]1O[C@H](c2cc(C)cc(O)c2)[C@@H](O)[C@@H](O)[C@@H]1OC(C)=O. The van der Waals surface area contributed by atoms with Crippen molar-refractivity contribution in [3.8, 4) is 5.75 Å². The molecule has 1 aliphatic rings. The number of benzene rings is 1. The van der Waals surface area contributed by atoms with E-state index in [1.165, 1.54) is 12.1 Å². The minimum atomic E-state index is -1.54. The highest BCUT2D eigenvalue weighted by Gasteiger charge is 2.48. The van der Waals surface area contributed by atoms with Crippen molar-refractivity contribution in [3.63, 3.8) is 0 Å². The Labute approximate surface area is 144 Å². The molecule has 0 bridgehead atoms. The van der Waals surface area contributed by atoms with Gasteiger partial charge in [0.2, 0.25) is 6.29 Å². The summed E-state index contributed by atoms with van der Waals surface area (Å²) in [5, 5.41) is 30.5. The Balaban J connectivity index is 2.34. The maximum absolute atomic E-state index is 11.6. The normalized spacial score (nSPS) is 29.1. The number of esters is 2. The molecule has 25 heavy (non-hydrogen) atoms. The molecule has 0 radical (unpaired) electrons. The van der Waals surface area contributed by atoms with Crippen LogP contribution in [0.2, 0.25) is 0 Å². The molecule has 2 rings (SSSR count). The number of phenolic OH excluding ortho intramolecular Hbond substituents is 1. The van der Waals surface area contributed by atoms with Crippen molar-refractivity contribution < 1.29 is 39.1 Å². The summed E-state index contributed by atoms with van der Waals surface area (Å²) in [6.45, 7) is 4.45. The zero-order valence-corrected chi connectivity index (χ0v) is 14.2. The third-order valence-electron chi connectivity index (χ3n) is 3.80. The van der Waals surface area contributed by atoms with E-state index in [2.05, 4.69) is 0 Å². The lowest BCUT2D eigenvalue weighted by molar-refractivity contribution is -0.294. The minimum absolute atomic E-state index is 0.0375. The summed E-state index contributed by atoms with van der Waals surface area (Å²) in [4.78, 5) is 22.9. The van der Waals surface area contributed by atoms with E-state index in [0.717, 1.165) is 6.92 Å². The number of hydrogen-bond acceptors (Lipinski definition) is 8. The molecule has 1 aromatic carbocycles. The summed E-state index contributed by atoms with van der Waals surface area (Å²) in [6, 6.07) is 4.55. The van der Waals surface area contributed by atoms with Gasteiger partial charge in [-0.15, -0.1) is 0 Å². The van der Waals surface area contributed by atoms with Crippen LogP contribution in [-0.2, 0) is 23.8 Å². The van der Waals surface area contributed by atoms with Gasteiger partial charge in [0.05, 0.1) is 0 Å². The number of rotatable bonds is 4. The van der Waals surface area contributed by atoms with Gasteiger partial charge in [0.25, 0.3) is 0 Å². The van der Waals surface area contributed by atoms with Crippen LogP contribution in [0, 0.1) is 6.92 Å². The van der Waals surface area contributed by atoms with E-state index in [9.17, 15) is 24.9 Å². The molecule has 0 aliphatic carbocycles. The molecule has 3 N–H and O–H groups in total. The van der Waals surface area contributed by atoms with Crippen molar-refractivity contribution in [1.29, 1.82) is 0 Å². The first-order chi connectivity index (χ1) is 11.7. The third-order valence-corrected chi connectivity index (χ3v) is 3.80. The minimum Gasteiger partial charge on any atom is -0.508 e. The zero-order valence-electron chi connectivity index (χ0n) is 14.2. The van der Waals surface area contributed by atoms with Crippen molar-refractivity contribution in [3.05, 3.63) is 29.3 Å². The van der Waals surface area contributed by atoms with Crippen LogP contribution >= 0.6 is 0 Å². The summed E-state index contributed by atoms with van der Waals surface area (Å²) in [7, 11) is 0. The van der Waals surface area contributed by atoms with Crippen LogP contribution in [0.5, 0.6) is 5.75 Å². The second kappa shape index (κ2) is 7.81. The highest BCUT2D eigenvalue weighted by atomic mass is 16.7. The average Bonchev–Trinajstić information content (AvgIpc) is 2.52. The van der Waals surface area contributed by atoms with E-state index in [0.29, 0.717) is 11.1 Å². The molecule has 138 valence electrons. The van der Waals surface area contributed by atoms with Crippen LogP contribution in [-0.4, -0.2) is 51.9 Å². The molecule has 1 aliphatic heterocycles. The zero-order chi connectivity index (χ0) is 18.7. The number of phenols is 1. The Morgan fingerprint density at radius 3 is 2.40 bits per heavy atom. The maximum Gasteiger partial charge on any atom is 0.307 e. The van der Waals surface area contributed by atoms with E-state index >= 15 is 0 Å². The maximum atomic E-state index is 11.6. The topological polar surface area (TPSA) is 123 Å². The molecule has 0 saturated carbocycles. The smallest absolute Gasteiger partial charge is 0.307 e. The summed E-state index contributed by atoms with van der Waals surface area (Å²) < 4.78 is 15.7. The number of aliphatic hydroxyl groups excluding tert-OH is 2. The summed E-state index contributed by atoms with van der Waals surface area (Å²) in [6.07, 6.45) is -6.77. The molecule has 8 nitrogen and oxygen atoms in total. The van der Waals surface area contributed by atoms with Gasteiger partial charge < -0.3 is 29.5 Å². The number of carbonyl (C=O) groups excluding carboxylic acids is 2. The monoisotopic (exact) mass is 354 g/mol. The standard InChI is InChI=1S/C17H22O8/c1-4-12(20)24-17-16(23-9(3)18)14(22)13(21)15(25-17)10-5-8(2)6-11(19)7-10/h5-7,13-17,19,21-22H,4H2,1-3H3/t13-,14+,15+,16-,17-/m0/s1. The van der Waals surface area contributed by atoms with E-state index in [-0.39, 0.29) is 12.2 Å². The molecule has 1 fully saturated rings. The molecule has 0 spiro atoms. The fraction of sp³-hybridized carbons (Fsp3) is 0.529. The quantitative estimate of drug-likeness (QED) is 0.676. The van der Waals surface area contributed by atoms with Gasteiger partial charge in [0, 0.05) is 13.3 Å². The van der Waals surface area contributed by atoms with E-state index in [1.807, 2.05) is 0 Å². The van der Waals surface area contributed by atoms with Gasteiger partial charge in [-0.3, -0.25) is 9.59 Å². The summed E-state index contributed by atoms with van der Waals surface area (Å²) in [5.74, 6) is -1.37. The summed E-state index contributed by atoms with van der Waals surface area (Å²) >= 11 is 0. The molecule has 0 aromatic heterocycles. The fourth-order valence-electron chi connectivity index (χ4n) is 2.69. The molecule has 1 heterocycles. The third kappa shape index (κ3) is 4.47. The van der Waals surface area contributed by atoms with Crippen LogP contribution in [0.25, 0.3) is 0 Å². The van der Waals surface area contributed by atoms with Gasteiger partial charge in [-0.05, 0) is 30.2 Å². The van der Waals surface area contributed by atoms with Crippen LogP contribution in [0.15, 0.2) is 18.2 Å². The average molecular weight is 354 g/mol. The molecular formula is C17H22O8. The lowest BCUT2D eigenvalue weighted by Gasteiger charge is -2.41. The number of hydrogen-bond donors (Lipinski definition) is 3. The van der Waals surface area contributed by atoms with Gasteiger partial charge in [0.1, 0.15) is 24.1 Å². The largest absolute Gasteiger partial charge is 0.508 e. The number of aromatic hydroxyl groups is 1.